The molecule has 2 fully saturated rings. The van der Waals surface area contributed by atoms with E-state index in [0.717, 1.165) is 25.0 Å². The van der Waals surface area contributed by atoms with Crippen molar-refractivity contribution < 1.29 is 44.3 Å². The minimum Gasteiger partial charge on any atom is -0.508 e. The van der Waals surface area contributed by atoms with E-state index in [2.05, 4.69) is 12.2 Å². The van der Waals surface area contributed by atoms with Crippen LogP contribution in [0.3, 0.4) is 0 Å². The van der Waals surface area contributed by atoms with Gasteiger partial charge in [0.25, 0.3) is 5.91 Å². The number of allylic oxidation sites excluding steroid dienone is 4. The zero-order valence-corrected chi connectivity index (χ0v) is 25.7. The van der Waals surface area contributed by atoms with E-state index in [1.54, 1.807) is 19.1 Å². The minimum atomic E-state index is -0.870. The fourth-order valence-corrected chi connectivity index (χ4v) is 6.31. The molecule has 0 aromatic heterocycles. The summed E-state index contributed by atoms with van der Waals surface area (Å²) >= 11 is 0. The molecule has 43 heavy (non-hydrogen) atoms. The highest BCUT2D eigenvalue weighted by Gasteiger charge is 2.51. The van der Waals surface area contributed by atoms with Gasteiger partial charge in [-0.05, 0) is 33.3 Å². The molecular weight excluding hydrogens is 554 g/mol. The average molecular weight is 598 g/mol. The maximum atomic E-state index is 12.9. The van der Waals surface area contributed by atoms with Gasteiger partial charge in [0.2, 0.25) is 5.78 Å². The minimum absolute atomic E-state index is 0.0500. The first-order valence-corrected chi connectivity index (χ1v) is 14.8. The lowest BCUT2D eigenvalue weighted by molar-refractivity contribution is -0.309. The molecule has 0 unspecified atom stereocenters. The Bertz CT molecular complexity index is 1390. The summed E-state index contributed by atoms with van der Waals surface area (Å²) in [6, 6.07) is 1.12. The van der Waals surface area contributed by atoms with Crippen LogP contribution in [0, 0.1) is 30.6 Å². The Kier molecular flexibility index (Phi) is 9.37. The third-order valence-electron chi connectivity index (χ3n) is 9.35. The van der Waals surface area contributed by atoms with Crippen LogP contribution in [-0.4, -0.2) is 68.1 Å². The van der Waals surface area contributed by atoms with Crippen molar-refractivity contribution in [1.29, 1.82) is 0 Å². The van der Waals surface area contributed by atoms with Crippen molar-refractivity contribution in [3.8, 4) is 11.5 Å². The van der Waals surface area contributed by atoms with E-state index in [1.807, 2.05) is 20.8 Å². The number of aromatic hydroxyl groups is 2. The number of phenolic OH excluding ortho intramolecular Hbond substituents is 2. The summed E-state index contributed by atoms with van der Waals surface area (Å²) in [7, 11) is 0. The molecule has 1 aliphatic carbocycles. The molecule has 2 bridgehead atoms. The fraction of sp³-hybridized carbons (Fsp3) is 0.545. The Balaban J connectivity index is 1.36. The number of phenols is 2. The number of carbonyl (C=O) groups is 3. The Morgan fingerprint density at radius 2 is 1.81 bits per heavy atom. The zero-order chi connectivity index (χ0) is 32.0. The van der Waals surface area contributed by atoms with Gasteiger partial charge in [-0.15, -0.1) is 0 Å². The van der Waals surface area contributed by atoms with Gasteiger partial charge in [-0.25, -0.2) is 0 Å². The summed E-state index contributed by atoms with van der Waals surface area (Å²) in [5.74, 6) is -4.38. The highest BCUT2D eigenvalue weighted by Crippen LogP contribution is 2.45. The summed E-state index contributed by atoms with van der Waals surface area (Å²) in [5, 5.41) is 44.9. The predicted molar refractivity (Wildman–Crippen MR) is 158 cm³/mol. The number of nitrogens with one attached hydrogen (secondary N) is 1. The van der Waals surface area contributed by atoms with Crippen molar-refractivity contribution in [3.63, 3.8) is 0 Å². The highest BCUT2D eigenvalue weighted by atomic mass is 16.7. The molecule has 9 atom stereocenters. The summed E-state index contributed by atoms with van der Waals surface area (Å²) in [5.41, 5.74) is -0.422. The molecule has 5 N–H and O–H groups in total. The number of benzene rings is 1. The molecule has 10 heteroatoms. The number of rotatable bonds is 9. The first-order valence-electron chi connectivity index (χ1n) is 14.8. The van der Waals surface area contributed by atoms with Crippen LogP contribution >= 0.6 is 0 Å². The van der Waals surface area contributed by atoms with Crippen LogP contribution in [0.5, 0.6) is 11.5 Å². The number of amides is 1. The monoisotopic (exact) mass is 597 g/mol. The van der Waals surface area contributed by atoms with E-state index in [0.29, 0.717) is 0 Å². The molecule has 2 saturated heterocycles. The van der Waals surface area contributed by atoms with Gasteiger partial charge in [0.05, 0.1) is 35.7 Å². The van der Waals surface area contributed by atoms with Gasteiger partial charge in [0.15, 0.2) is 11.6 Å². The molecule has 0 spiro atoms. The van der Waals surface area contributed by atoms with E-state index in [1.165, 1.54) is 19.9 Å². The molecule has 3 aliphatic rings. The topological polar surface area (TPSA) is 163 Å². The molecule has 0 radical (unpaired) electrons. The van der Waals surface area contributed by atoms with E-state index < -0.39 is 47.1 Å². The third kappa shape index (κ3) is 6.33. The molecule has 10 nitrogen and oxygen atoms in total. The van der Waals surface area contributed by atoms with Gasteiger partial charge >= 0.3 is 0 Å². The third-order valence-corrected chi connectivity index (χ3v) is 9.35. The Morgan fingerprint density at radius 3 is 2.49 bits per heavy atom. The van der Waals surface area contributed by atoms with Gasteiger partial charge in [-0.2, -0.15) is 0 Å². The van der Waals surface area contributed by atoms with Crippen LogP contribution in [-0.2, 0) is 14.3 Å². The molecule has 4 rings (SSSR count). The maximum absolute atomic E-state index is 12.9. The second-order valence-electron chi connectivity index (χ2n) is 12.6. The summed E-state index contributed by atoms with van der Waals surface area (Å²) < 4.78 is 12.3. The van der Waals surface area contributed by atoms with Gasteiger partial charge in [-0.1, -0.05) is 45.9 Å². The number of ether oxygens (including phenoxy) is 2. The Hall–Kier alpha value is -3.31. The van der Waals surface area contributed by atoms with Crippen molar-refractivity contribution in [3.05, 3.63) is 58.3 Å². The number of ketones is 2. The second kappa shape index (κ2) is 12.4. The SMILES string of the molecule is C/C(=C/C=C/[C@H](C)[C@H](O)[C@@H](C)[C@@H](O)[C@@H](C)[C@@H]1O[C@@]2(C)CC[C@H](O2)[C@H]1C)C(=O)NC1=CC(=O)c2cc(O)c(C)c(O)c2C1=O. The van der Waals surface area contributed by atoms with Crippen LogP contribution < -0.4 is 5.32 Å². The number of aliphatic hydroxyl groups excluding tert-OH is 2. The van der Waals surface area contributed by atoms with Gasteiger partial charge in [-0.3, -0.25) is 14.4 Å². The number of hydrogen-bond acceptors (Lipinski definition) is 9. The van der Waals surface area contributed by atoms with Gasteiger partial charge in [0, 0.05) is 52.9 Å². The lowest BCUT2D eigenvalue weighted by Gasteiger charge is -2.45. The average Bonchev–Trinajstić information content (AvgIpc) is 3.31. The maximum Gasteiger partial charge on any atom is 0.251 e. The number of fused-ring (bicyclic) bond motifs is 3. The lowest BCUT2D eigenvalue weighted by Crippen LogP contribution is -2.52. The van der Waals surface area contributed by atoms with Crippen LogP contribution in [0.1, 0.15) is 80.7 Å². The van der Waals surface area contributed by atoms with Crippen molar-refractivity contribution in [2.75, 3.05) is 0 Å². The molecular formula is C33H43NO9. The van der Waals surface area contributed by atoms with E-state index in [4.69, 9.17) is 9.47 Å². The Labute approximate surface area is 252 Å². The summed E-state index contributed by atoms with van der Waals surface area (Å²) in [6.07, 6.45) is 5.78. The number of carbonyl (C=O) groups excluding carboxylic acids is 3. The van der Waals surface area contributed by atoms with Gasteiger partial charge in [0.1, 0.15) is 11.5 Å². The first-order chi connectivity index (χ1) is 20.1. The first kappa shape index (κ1) is 32.6. The van der Waals surface area contributed by atoms with Crippen LogP contribution in [0.25, 0.3) is 0 Å². The van der Waals surface area contributed by atoms with E-state index in [-0.39, 0.29) is 63.7 Å². The van der Waals surface area contributed by atoms with E-state index >= 15 is 0 Å². The molecule has 2 aliphatic heterocycles. The normalized spacial score (nSPS) is 29.1. The fourth-order valence-electron chi connectivity index (χ4n) is 6.31. The molecule has 2 heterocycles. The van der Waals surface area contributed by atoms with Crippen LogP contribution in [0.15, 0.2) is 41.6 Å². The standard InChI is InChI=1S/C33H43NO9/c1-15(27(37)19(5)28(38)20(6)31-18(4)25-11-12-33(7,42-25)43-31)9-8-10-16(2)32(41)34-22-14-24(36)21-13-23(35)17(3)29(39)26(21)30(22)40/h8-10,13-15,18-20,25,27-28,31,35,37-39H,11-12H2,1-7H3,(H,34,41)/b9-8+,16-10-/t15-,18+,19+,20+,25-,27-,28+,31+,33-/m0/s1. The number of Topliss-reactive ketones (excluding diaryl/α,β-unsaturated/α-hetero) is 1. The Morgan fingerprint density at radius 1 is 1.14 bits per heavy atom. The molecule has 234 valence electrons. The lowest BCUT2D eigenvalue weighted by atomic mass is 9.78. The van der Waals surface area contributed by atoms with Crippen LogP contribution in [0.2, 0.25) is 0 Å². The number of aliphatic hydroxyl groups is 2. The molecule has 1 aromatic rings. The smallest absolute Gasteiger partial charge is 0.251 e. The summed E-state index contributed by atoms with van der Waals surface area (Å²) in [4.78, 5) is 38.3. The highest BCUT2D eigenvalue weighted by molar-refractivity contribution is 6.26. The predicted octanol–water partition coefficient (Wildman–Crippen LogP) is 3.85. The zero-order valence-electron chi connectivity index (χ0n) is 25.7. The largest absolute Gasteiger partial charge is 0.508 e. The quantitative estimate of drug-likeness (QED) is 0.210. The van der Waals surface area contributed by atoms with Crippen molar-refractivity contribution in [2.24, 2.45) is 23.7 Å². The molecule has 0 saturated carbocycles. The van der Waals surface area contributed by atoms with E-state index in [9.17, 15) is 34.8 Å². The second-order valence-corrected chi connectivity index (χ2v) is 12.6. The number of hydrogen-bond donors (Lipinski definition) is 5. The van der Waals surface area contributed by atoms with Crippen molar-refractivity contribution in [2.45, 2.75) is 91.5 Å². The van der Waals surface area contributed by atoms with Gasteiger partial charge < -0.3 is 35.2 Å². The summed E-state index contributed by atoms with van der Waals surface area (Å²) in [6.45, 7) is 12.5. The van der Waals surface area contributed by atoms with Crippen molar-refractivity contribution in [1.82, 2.24) is 5.32 Å². The molecule has 1 aromatic carbocycles. The van der Waals surface area contributed by atoms with Crippen LogP contribution in [0.4, 0.5) is 0 Å². The van der Waals surface area contributed by atoms with Crippen molar-refractivity contribution >= 4 is 17.5 Å². The molecule has 1 amide bonds.